The van der Waals surface area contributed by atoms with Crippen molar-refractivity contribution in [2.45, 2.75) is 20.8 Å². The van der Waals surface area contributed by atoms with E-state index in [1.807, 2.05) is 39.0 Å². The van der Waals surface area contributed by atoms with Crippen LogP contribution in [0.2, 0.25) is 0 Å². The van der Waals surface area contributed by atoms with Crippen LogP contribution in [0.4, 0.5) is 5.69 Å². The molecule has 5 heteroatoms. The number of carbonyl (C=O) groups excluding carboxylic acids is 2. The summed E-state index contributed by atoms with van der Waals surface area (Å²) in [5, 5.41) is 0. The van der Waals surface area contributed by atoms with E-state index in [1.165, 1.54) is 4.90 Å². The lowest BCUT2D eigenvalue weighted by atomic mass is 10.1. The van der Waals surface area contributed by atoms with Gasteiger partial charge in [-0.2, -0.15) is 0 Å². The van der Waals surface area contributed by atoms with Crippen molar-refractivity contribution >= 4 is 17.6 Å². The van der Waals surface area contributed by atoms with Gasteiger partial charge in [0.15, 0.2) is 6.61 Å². The molecule has 2 aromatic rings. The number of para-hydroxylation sites is 2. The highest BCUT2D eigenvalue weighted by atomic mass is 16.5. The second-order valence-corrected chi connectivity index (χ2v) is 5.86. The highest BCUT2D eigenvalue weighted by Gasteiger charge is 2.28. The van der Waals surface area contributed by atoms with E-state index in [0.29, 0.717) is 17.2 Å². The first kappa shape index (κ1) is 16.1. The second-order valence-electron chi connectivity index (χ2n) is 5.86. The first-order valence-electron chi connectivity index (χ1n) is 7.77. The number of hydrogen-bond acceptors (Lipinski definition) is 4. The van der Waals surface area contributed by atoms with E-state index < -0.39 is 5.97 Å². The number of aryl methyl sites for hydroxylation is 2. The van der Waals surface area contributed by atoms with Gasteiger partial charge in [-0.3, -0.25) is 9.69 Å². The summed E-state index contributed by atoms with van der Waals surface area (Å²) in [6.07, 6.45) is 0. The van der Waals surface area contributed by atoms with Gasteiger partial charge in [0, 0.05) is 0 Å². The van der Waals surface area contributed by atoms with Crippen LogP contribution in [-0.4, -0.2) is 25.0 Å². The third-order valence-corrected chi connectivity index (χ3v) is 4.18. The molecule has 3 rings (SSSR count). The Labute approximate surface area is 140 Å². The Morgan fingerprint density at radius 2 is 1.83 bits per heavy atom. The lowest BCUT2D eigenvalue weighted by Gasteiger charge is -2.28. The maximum Gasteiger partial charge on any atom is 0.331 e. The summed E-state index contributed by atoms with van der Waals surface area (Å²) in [6.45, 7) is 5.55. The molecule has 0 bridgehead atoms. The molecule has 124 valence electrons. The molecule has 1 amide bonds. The Morgan fingerprint density at radius 3 is 2.62 bits per heavy atom. The first-order valence-corrected chi connectivity index (χ1v) is 7.77. The Morgan fingerprint density at radius 1 is 1.12 bits per heavy atom. The molecule has 0 atom stereocenters. The van der Waals surface area contributed by atoms with Gasteiger partial charge in [0.2, 0.25) is 0 Å². The average Bonchev–Trinajstić information content (AvgIpc) is 2.58. The van der Waals surface area contributed by atoms with Crippen LogP contribution in [0.1, 0.15) is 16.7 Å². The largest absolute Gasteiger partial charge is 0.482 e. The summed E-state index contributed by atoms with van der Waals surface area (Å²) in [5.41, 5.74) is 3.46. The number of benzene rings is 2. The molecule has 0 saturated carbocycles. The standard InChI is InChI=1S/C19H19NO4/c1-12-8-9-13(2)19(14(12)3)24-18(22)10-20-15-6-4-5-7-16(15)23-11-17(20)21/h4-9H,10-11H2,1-3H3. The van der Waals surface area contributed by atoms with Crippen molar-refractivity contribution in [3.63, 3.8) is 0 Å². The Bertz CT molecular complexity index is 813. The molecule has 1 aliphatic heterocycles. The quantitative estimate of drug-likeness (QED) is 0.643. The molecule has 1 aliphatic rings. The number of carbonyl (C=O) groups is 2. The summed E-state index contributed by atoms with van der Waals surface area (Å²) < 4.78 is 10.9. The molecular weight excluding hydrogens is 306 g/mol. The van der Waals surface area contributed by atoms with Crippen LogP contribution >= 0.6 is 0 Å². The maximum absolute atomic E-state index is 12.4. The van der Waals surface area contributed by atoms with Gasteiger partial charge in [-0.15, -0.1) is 0 Å². The van der Waals surface area contributed by atoms with E-state index >= 15 is 0 Å². The van der Waals surface area contributed by atoms with Crippen LogP contribution in [0.15, 0.2) is 36.4 Å². The predicted molar refractivity (Wildman–Crippen MR) is 90.6 cm³/mol. The van der Waals surface area contributed by atoms with Gasteiger partial charge in [0.25, 0.3) is 5.91 Å². The van der Waals surface area contributed by atoms with Crippen LogP contribution < -0.4 is 14.4 Å². The minimum absolute atomic E-state index is 0.0766. The highest BCUT2D eigenvalue weighted by Crippen LogP contribution is 2.31. The third-order valence-electron chi connectivity index (χ3n) is 4.18. The lowest BCUT2D eigenvalue weighted by molar-refractivity contribution is -0.134. The summed E-state index contributed by atoms with van der Waals surface area (Å²) in [4.78, 5) is 25.9. The van der Waals surface area contributed by atoms with E-state index in [4.69, 9.17) is 9.47 Å². The fourth-order valence-electron chi connectivity index (χ4n) is 2.69. The van der Waals surface area contributed by atoms with Gasteiger partial charge in [-0.1, -0.05) is 24.3 Å². The van der Waals surface area contributed by atoms with Gasteiger partial charge < -0.3 is 9.47 Å². The molecule has 1 heterocycles. The summed E-state index contributed by atoms with van der Waals surface area (Å²) in [5.74, 6) is 0.419. The van der Waals surface area contributed by atoms with Crippen molar-refractivity contribution in [3.05, 3.63) is 53.1 Å². The molecule has 0 aliphatic carbocycles. The van der Waals surface area contributed by atoms with Crippen LogP contribution in [0.25, 0.3) is 0 Å². The zero-order valence-corrected chi connectivity index (χ0v) is 14.0. The Kier molecular flexibility index (Phi) is 4.25. The van der Waals surface area contributed by atoms with E-state index in [1.54, 1.807) is 18.2 Å². The smallest absolute Gasteiger partial charge is 0.331 e. The van der Waals surface area contributed by atoms with Crippen molar-refractivity contribution in [3.8, 4) is 11.5 Å². The number of ether oxygens (including phenoxy) is 2. The fraction of sp³-hybridized carbons (Fsp3) is 0.263. The summed E-state index contributed by atoms with van der Waals surface area (Å²) in [7, 11) is 0. The van der Waals surface area contributed by atoms with Crippen molar-refractivity contribution < 1.29 is 19.1 Å². The molecule has 0 unspecified atom stereocenters. The molecule has 24 heavy (non-hydrogen) atoms. The third kappa shape index (κ3) is 2.97. The van der Waals surface area contributed by atoms with E-state index in [-0.39, 0.29) is 19.1 Å². The van der Waals surface area contributed by atoms with Crippen molar-refractivity contribution in [1.82, 2.24) is 0 Å². The van der Waals surface area contributed by atoms with Gasteiger partial charge in [0.05, 0.1) is 5.69 Å². The van der Waals surface area contributed by atoms with Crippen molar-refractivity contribution in [1.29, 1.82) is 0 Å². The Balaban J connectivity index is 1.81. The van der Waals surface area contributed by atoms with Gasteiger partial charge in [-0.25, -0.2) is 4.79 Å². The SMILES string of the molecule is Cc1ccc(C)c(OC(=O)CN2C(=O)COc3ccccc32)c1C. The van der Waals surface area contributed by atoms with Crippen LogP contribution in [-0.2, 0) is 9.59 Å². The van der Waals surface area contributed by atoms with Gasteiger partial charge >= 0.3 is 5.97 Å². The summed E-state index contributed by atoms with van der Waals surface area (Å²) in [6, 6.07) is 11.1. The second kappa shape index (κ2) is 6.35. The van der Waals surface area contributed by atoms with Crippen molar-refractivity contribution in [2.24, 2.45) is 0 Å². The molecule has 0 N–H and O–H groups in total. The molecule has 0 fully saturated rings. The van der Waals surface area contributed by atoms with Crippen LogP contribution in [0.5, 0.6) is 11.5 Å². The predicted octanol–water partition coefficient (Wildman–Crippen LogP) is 2.94. The van der Waals surface area contributed by atoms with Crippen LogP contribution in [0.3, 0.4) is 0 Å². The number of amides is 1. The zero-order chi connectivity index (χ0) is 17.3. The number of fused-ring (bicyclic) bond motifs is 1. The molecular formula is C19H19NO4. The monoisotopic (exact) mass is 325 g/mol. The van der Waals surface area contributed by atoms with Gasteiger partial charge in [0.1, 0.15) is 18.0 Å². The fourth-order valence-corrected chi connectivity index (χ4v) is 2.69. The summed E-state index contributed by atoms with van der Waals surface area (Å²) >= 11 is 0. The number of rotatable bonds is 3. The van der Waals surface area contributed by atoms with Crippen LogP contribution in [0, 0.1) is 20.8 Å². The van der Waals surface area contributed by atoms with E-state index in [9.17, 15) is 9.59 Å². The Hall–Kier alpha value is -2.82. The lowest BCUT2D eigenvalue weighted by Crippen LogP contribution is -2.43. The van der Waals surface area contributed by atoms with Crippen molar-refractivity contribution in [2.75, 3.05) is 18.1 Å². The zero-order valence-electron chi connectivity index (χ0n) is 14.0. The van der Waals surface area contributed by atoms with Gasteiger partial charge in [-0.05, 0) is 49.6 Å². The van der Waals surface area contributed by atoms with E-state index in [0.717, 1.165) is 16.7 Å². The molecule has 0 spiro atoms. The minimum Gasteiger partial charge on any atom is -0.482 e. The molecule has 2 aromatic carbocycles. The topological polar surface area (TPSA) is 55.8 Å². The molecule has 0 radical (unpaired) electrons. The normalized spacial score (nSPS) is 13.3. The molecule has 0 aromatic heterocycles. The first-order chi connectivity index (χ1) is 11.5. The number of anilines is 1. The average molecular weight is 325 g/mol. The minimum atomic E-state index is -0.475. The van der Waals surface area contributed by atoms with E-state index in [2.05, 4.69) is 0 Å². The molecule has 5 nitrogen and oxygen atoms in total. The highest BCUT2D eigenvalue weighted by molar-refractivity contribution is 6.01. The maximum atomic E-state index is 12.4. The number of nitrogens with zero attached hydrogens (tertiary/aromatic N) is 1. The number of hydrogen-bond donors (Lipinski definition) is 0. The molecule has 0 saturated heterocycles. The number of esters is 1.